The summed E-state index contributed by atoms with van der Waals surface area (Å²) in [5, 5.41) is 11.5. The fourth-order valence-corrected chi connectivity index (χ4v) is 6.02. The summed E-state index contributed by atoms with van der Waals surface area (Å²) in [7, 11) is 2.42. The average Bonchev–Trinajstić information content (AvgIpc) is 2.92. The number of rotatable bonds is 1. The largest absolute Gasteiger partial charge is 0.396 e. The van der Waals surface area contributed by atoms with Crippen molar-refractivity contribution in [2.75, 3.05) is 20.2 Å². The molecule has 23 heavy (non-hydrogen) atoms. The number of nitrogens with one attached hydrogen (secondary N) is 1. The molecule has 5 heterocycles. The first-order valence-electron chi connectivity index (χ1n) is 8.87. The van der Waals surface area contributed by atoms with Crippen molar-refractivity contribution in [2.24, 2.45) is 11.8 Å². The number of hydrogen-bond acceptors (Lipinski definition) is 1. The summed E-state index contributed by atoms with van der Waals surface area (Å²) >= 11 is 0. The van der Waals surface area contributed by atoms with Crippen LogP contribution >= 0.6 is 0 Å². The summed E-state index contributed by atoms with van der Waals surface area (Å²) in [6, 6.07) is 9.84. The Morgan fingerprint density at radius 1 is 1.35 bits per heavy atom. The summed E-state index contributed by atoms with van der Waals surface area (Å²) in [5.74, 6) is 0.984. The van der Waals surface area contributed by atoms with Crippen LogP contribution in [0.3, 0.4) is 0 Å². The number of benzene rings is 1. The van der Waals surface area contributed by atoms with E-state index < -0.39 is 0 Å². The number of aliphatic hydroxyl groups is 1. The molecular formula is C20H25N2O+. The molecule has 3 nitrogen and oxygen atoms in total. The molecule has 3 heteroatoms. The zero-order valence-corrected chi connectivity index (χ0v) is 13.9. The molecule has 0 radical (unpaired) electrons. The molecule has 4 aliphatic heterocycles. The maximum absolute atomic E-state index is 10.1. The molecule has 0 aliphatic carbocycles. The van der Waals surface area contributed by atoms with Crippen LogP contribution < -0.4 is 0 Å². The van der Waals surface area contributed by atoms with Gasteiger partial charge in [0.15, 0.2) is 0 Å². The number of allylic oxidation sites excluding steroid dienone is 1. The molecule has 4 bridgehead atoms. The molecule has 5 unspecified atom stereocenters. The minimum atomic E-state index is 0.324. The third kappa shape index (κ3) is 1.57. The second-order valence-electron chi connectivity index (χ2n) is 7.91. The van der Waals surface area contributed by atoms with Gasteiger partial charge in [0, 0.05) is 35.6 Å². The summed E-state index contributed by atoms with van der Waals surface area (Å²) in [5.41, 5.74) is 5.84. The van der Waals surface area contributed by atoms with Crippen molar-refractivity contribution < 1.29 is 9.59 Å². The molecule has 1 aromatic carbocycles. The van der Waals surface area contributed by atoms with Crippen LogP contribution in [0, 0.1) is 11.8 Å². The van der Waals surface area contributed by atoms with Crippen LogP contribution in [0.2, 0.25) is 0 Å². The molecule has 2 aromatic rings. The zero-order valence-electron chi connectivity index (χ0n) is 13.9. The lowest BCUT2D eigenvalue weighted by Gasteiger charge is -2.62. The lowest BCUT2D eigenvalue weighted by Crippen LogP contribution is -2.70. The number of aromatic amines is 1. The number of fused-ring (bicyclic) bond motifs is 4. The third-order valence-electron chi connectivity index (χ3n) is 7.13. The summed E-state index contributed by atoms with van der Waals surface area (Å²) in [6.07, 6.45) is 4.59. The normalized spacial score (nSPS) is 39.9. The molecule has 5 atom stereocenters. The first-order valence-corrected chi connectivity index (χ1v) is 8.87. The number of nitrogens with zero attached hydrogens (tertiary/aromatic N) is 1. The van der Waals surface area contributed by atoms with Gasteiger partial charge in [-0.25, -0.2) is 0 Å². The van der Waals surface area contributed by atoms with Crippen LogP contribution in [-0.2, 0) is 6.42 Å². The molecule has 2 N–H and O–H groups in total. The minimum Gasteiger partial charge on any atom is -0.396 e. The van der Waals surface area contributed by atoms with E-state index in [9.17, 15) is 5.11 Å². The van der Waals surface area contributed by atoms with Crippen molar-refractivity contribution in [3.63, 3.8) is 0 Å². The van der Waals surface area contributed by atoms with E-state index in [1.807, 2.05) is 0 Å². The standard InChI is InChI=1S/C20H25N2O/c1-3-12-10-22(2)18-9-15-13-6-4-5-7-17(13)21-20(15)19(22)8-14(12)16(18)11-23/h3-7,14,16,18-19,21,23H,8-11H2,1-2H3/q+1/b12-3+. The SMILES string of the molecule is C/C=C1\C[N+]2(C)C3CC1C(CO)C2Cc1c3[nH]c2ccccc12. The highest BCUT2D eigenvalue weighted by Gasteiger charge is 2.61. The fraction of sp³-hybridized carbons (Fsp3) is 0.500. The molecule has 3 fully saturated rings. The van der Waals surface area contributed by atoms with Crippen LogP contribution in [0.5, 0.6) is 0 Å². The van der Waals surface area contributed by atoms with Gasteiger partial charge >= 0.3 is 0 Å². The molecule has 0 spiro atoms. The van der Waals surface area contributed by atoms with Gasteiger partial charge in [0.25, 0.3) is 0 Å². The van der Waals surface area contributed by atoms with Gasteiger partial charge in [-0.15, -0.1) is 0 Å². The molecule has 4 aliphatic rings. The van der Waals surface area contributed by atoms with Crippen molar-refractivity contribution in [3.05, 3.63) is 47.2 Å². The molecule has 3 saturated heterocycles. The van der Waals surface area contributed by atoms with Crippen molar-refractivity contribution in [1.82, 2.24) is 4.98 Å². The van der Waals surface area contributed by atoms with Crippen molar-refractivity contribution in [3.8, 4) is 0 Å². The Morgan fingerprint density at radius 3 is 2.96 bits per heavy atom. The quantitative estimate of drug-likeness (QED) is 0.616. The smallest absolute Gasteiger partial charge is 0.131 e. The highest BCUT2D eigenvalue weighted by atomic mass is 16.3. The van der Waals surface area contributed by atoms with E-state index in [1.165, 1.54) is 28.6 Å². The van der Waals surface area contributed by atoms with Crippen LogP contribution in [0.25, 0.3) is 10.9 Å². The molecule has 0 saturated carbocycles. The fourth-order valence-electron chi connectivity index (χ4n) is 6.02. The molecule has 6 rings (SSSR count). The maximum atomic E-state index is 10.1. The highest BCUT2D eigenvalue weighted by Crippen LogP contribution is 2.57. The Hall–Kier alpha value is -1.58. The molecule has 1 aromatic heterocycles. The first-order chi connectivity index (χ1) is 11.2. The van der Waals surface area contributed by atoms with Crippen LogP contribution in [0.1, 0.15) is 30.6 Å². The number of H-pyrrole nitrogens is 1. The number of hydrogen-bond donors (Lipinski definition) is 2. The average molecular weight is 309 g/mol. The molecular weight excluding hydrogens is 284 g/mol. The van der Waals surface area contributed by atoms with Crippen LogP contribution in [-0.4, -0.2) is 40.8 Å². The number of aromatic nitrogens is 1. The van der Waals surface area contributed by atoms with Gasteiger partial charge in [0.05, 0.1) is 25.4 Å². The monoisotopic (exact) mass is 309 g/mol. The number of piperidine rings is 3. The van der Waals surface area contributed by atoms with Gasteiger partial charge in [0.1, 0.15) is 12.6 Å². The van der Waals surface area contributed by atoms with E-state index in [0.29, 0.717) is 30.5 Å². The minimum absolute atomic E-state index is 0.324. The number of likely N-dealkylation sites (N-methyl/N-ethyl adjacent to an activating group) is 1. The Labute approximate surface area is 137 Å². The Bertz CT molecular complexity index is 820. The van der Waals surface area contributed by atoms with Crippen molar-refractivity contribution in [2.45, 2.75) is 31.8 Å². The number of para-hydroxylation sites is 1. The lowest BCUT2D eigenvalue weighted by atomic mass is 9.62. The van der Waals surface area contributed by atoms with Gasteiger partial charge in [-0.1, -0.05) is 24.3 Å². The number of quaternary nitrogens is 1. The molecule has 0 amide bonds. The lowest BCUT2D eigenvalue weighted by molar-refractivity contribution is -0.978. The van der Waals surface area contributed by atoms with E-state index >= 15 is 0 Å². The summed E-state index contributed by atoms with van der Waals surface area (Å²) in [4.78, 5) is 3.75. The van der Waals surface area contributed by atoms with Gasteiger partial charge in [-0.2, -0.15) is 0 Å². The summed E-state index contributed by atoms with van der Waals surface area (Å²) in [6.45, 7) is 3.65. The van der Waals surface area contributed by atoms with E-state index in [2.05, 4.69) is 49.3 Å². The topological polar surface area (TPSA) is 36.0 Å². The van der Waals surface area contributed by atoms with Crippen molar-refractivity contribution >= 4 is 10.9 Å². The van der Waals surface area contributed by atoms with Crippen LogP contribution in [0.4, 0.5) is 0 Å². The Balaban J connectivity index is 1.73. The second kappa shape index (κ2) is 4.49. The van der Waals surface area contributed by atoms with Crippen LogP contribution in [0.15, 0.2) is 35.9 Å². The summed E-state index contributed by atoms with van der Waals surface area (Å²) < 4.78 is 1.08. The first kappa shape index (κ1) is 13.8. The predicted molar refractivity (Wildman–Crippen MR) is 92.0 cm³/mol. The van der Waals surface area contributed by atoms with E-state index in [-0.39, 0.29) is 0 Å². The predicted octanol–water partition coefficient (Wildman–Crippen LogP) is 3.17. The third-order valence-corrected chi connectivity index (χ3v) is 7.13. The second-order valence-corrected chi connectivity index (χ2v) is 7.91. The van der Waals surface area contributed by atoms with Gasteiger partial charge in [-0.05, 0) is 24.1 Å². The van der Waals surface area contributed by atoms with E-state index in [1.54, 1.807) is 5.57 Å². The molecule has 120 valence electrons. The zero-order chi connectivity index (χ0) is 15.8. The van der Waals surface area contributed by atoms with Gasteiger partial charge < -0.3 is 14.6 Å². The maximum Gasteiger partial charge on any atom is 0.131 e. The Kier molecular flexibility index (Phi) is 2.70. The van der Waals surface area contributed by atoms with Gasteiger partial charge in [-0.3, -0.25) is 0 Å². The van der Waals surface area contributed by atoms with Crippen molar-refractivity contribution in [1.29, 1.82) is 0 Å². The van der Waals surface area contributed by atoms with E-state index in [4.69, 9.17) is 0 Å². The highest BCUT2D eigenvalue weighted by molar-refractivity contribution is 5.85. The van der Waals surface area contributed by atoms with Gasteiger partial charge in [0.2, 0.25) is 0 Å². The Morgan fingerprint density at radius 2 is 2.17 bits per heavy atom. The number of aliphatic hydroxyl groups excluding tert-OH is 1. The van der Waals surface area contributed by atoms with E-state index in [0.717, 1.165) is 17.4 Å².